The summed E-state index contributed by atoms with van der Waals surface area (Å²) >= 11 is 13.6. The van der Waals surface area contributed by atoms with Crippen LogP contribution in [0, 0.1) is 0 Å². The minimum Gasteiger partial charge on any atom is -0.443 e. The number of halogens is 4. The molecule has 0 N–H and O–H groups in total. The van der Waals surface area contributed by atoms with Gasteiger partial charge in [-0.15, -0.1) is 11.3 Å². The number of alkyl halides is 2. The Kier molecular flexibility index (Phi) is 5.84. The number of hydrogen-bond donors (Lipinski definition) is 0. The van der Waals surface area contributed by atoms with Crippen LogP contribution in [0.2, 0.25) is 10.2 Å². The predicted molar refractivity (Wildman–Crippen MR) is 108 cm³/mol. The van der Waals surface area contributed by atoms with Gasteiger partial charge in [-0.1, -0.05) is 29.3 Å². The Morgan fingerprint density at radius 2 is 2.11 bits per heavy atom. The third-order valence-electron chi connectivity index (χ3n) is 3.69. The molecule has 3 aromatic heterocycles. The lowest BCUT2D eigenvalue weighted by Crippen LogP contribution is -2.36. The van der Waals surface area contributed by atoms with Gasteiger partial charge in [0.25, 0.3) is 0 Å². The lowest BCUT2D eigenvalue weighted by atomic mass is 10.2. The van der Waals surface area contributed by atoms with Crippen molar-refractivity contribution in [2.45, 2.75) is 39.5 Å². The van der Waals surface area contributed by atoms with Gasteiger partial charge in [-0.05, 0) is 32.2 Å². The standard InChI is InChI=1S/C18H17Cl2F2N3O2S/c1-18(2,3)27-17(26)24(8-10-5-4-6-28-10)12-7-13(20)23-14-11(19)9-25(15(12)14)16(21)22/h4-7,9,16H,8H2,1-3H3. The molecule has 0 spiro atoms. The average molecular weight is 448 g/mol. The highest BCUT2D eigenvalue weighted by Crippen LogP contribution is 2.38. The Labute approximate surface area is 174 Å². The van der Waals surface area contributed by atoms with Crippen molar-refractivity contribution >= 4 is 57.4 Å². The maximum Gasteiger partial charge on any atom is 0.415 e. The number of amides is 1. The first-order valence-corrected chi connectivity index (χ1v) is 9.88. The number of nitrogens with zero attached hydrogens (tertiary/aromatic N) is 3. The molecule has 150 valence electrons. The van der Waals surface area contributed by atoms with E-state index in [1.807, 2.05) is 17.5 Å². The van der Waals surface area contributed by atoms with Crippen LogP contribution < -0.4 is 4.90 Å². The first-order chi connectivity index (χ1) is 13.1. The highest BCUT2D eigenvalue weighted by atomic mass is 35.5. The lowest BCUT2D eigenvalue weighted by molar-refractivity contribution is 0.0575. The summed E-state index contributed by atoms with van der Waals surface area (Å²) in [4.78, 5) is 19.1. The van der Waals surface area contributed by atoms with Gasteiger partial charge in [-0.2, -0.15) is 8.78 Å². The third kappa shape index (κ3) is 4.39. The van der Waals surface area contributed by atoms with E-state index in [-0.39, 0.29) is 33.4 Å². The zero-order valence-corrected chi connectivity index (χ0v) is 17.6. The van der Waals surface area contributed by atoms with Crippen molar-refractivity contribution in [3.63, 3.8) is 0 Å². The fourth-order valence-corrected chi connectivity index (χ4v) is 3.76. The monoisotopic (exact) mass is 447 g/mol. The molecular formula is C18H17Cl2F2N3O2S. The fraction of sp³-hybridized carbons (Fsp3) is 0.333. The van der Waals surface area contributed by atoms with Crippen LogP contribution in [0.4, 0.5) is 19.3 Å². The van der Waals surface area contributed by atoms with E-state index >= 15 is 0 Å². The molecule has 10 heteroatoms. The summed E-state index contributed by atoms with van der Waals surface area (Å²) in [6, 6.07) is 5.03. The number of pyridine rings is 1. The van der Waals surface area contributed by atoms with Gasteiger partial charge in [0.2, 0.25) is 0 Å². The smallest absolute Gasteiger partial charge is 0.415 e. The van der Waals surface area contributed by atoms with Crippen molar-refractivity contribution in [3.05, 3.63) is 44.8 Å². The van der Waals surface area contributed by atoms with Gasteiger partial charge < -0.3 is 4.74 Å². The largest absolute Gasteiger partial charge is 0.443 e. The number of carbonyl (C=O) groups is 1. The molecule has 0 bridgehead atoms. The second-order valence-corrected chi connectivity index (χ2v) is 8.80. The van der Waals surface area contributed by atoms with E-state index in [0.29, 0.717) is 4.57 Å². The minimum absolute atomic E-state index is 0.00631. The molecule has 3 aromatic rings. The van der Waals surface area contributed by atoms with E-state index in [1.54, 1.807) is 20.8 Å². The number of anilines is 1. The van der Waals surface area contributed by atoms with Crippen LogP contribution in [0.5, 0.6) is 0 Å². The molecule has 0 aliphatic rings. The molecule has 0 aromatic carbocycles. The highest BCUT2D eigenvalue weighted by molar-refractivity contribution is 7.09. The van der Waals surface area contributed by atoms with E-state index in [2.05, 4.69) is 4.98 Å². The van der Waals surface area contributed by atoms with Crippen molar-refractivity contribution in [1.29, 1.82) is 0 Å². The molecule has 5 nitrogen and oxygen atoms in total. The Morgan fingerprint density at radius 3 is 2.68 bits per heavy atom. The molecule has 0 saturated carbocycles. The second kappa shape index (κ2) is 7.85. The normalized spacial score (nSPS) is 12.0. The summed E-state index contributed by atoms with van der Waals surface area (Å²) in [6.07, 6.45) is 0.380. The van der Waals surface area contributed by atoms with Crippen LogP contribution in [0.1, 0.15) is 32.2 Å². The van der Waals surface area contributed by atoms with Crippen LogP contribution in [0.25, 0.3) is 11.0 Å². The maximum atomic E-state index is 13.6. The van der Waals surface area contributed by atoms with Gasteiger partial charge >= 0.3 is 12.6 Å². The zero-order valence-electron chi connectivity index (χ0n) is 15.2. The van der Waals surface area contributed by atoms with Crippen molar-refractivity contribution in [3.8, 4) is 0 Å². The average Bonchev–Trinajstić information content (AvgIpc) is 3.19. The van der Waals surface area contributed by atoms with E-state index in [9.17, 15) is 13.6 Å². The number of hydrogen-bond acceptors (Lipinski definition) is 4. The number of ether oxygens (including phenoxy) is 1. The number of fused-ring (bicyclic) bond motifs is 1. The van der Waals surface area contributed by atoms with Crippen molar-refractivity contribution in [1.82, 2.24) is 9.55 Å². The van der Waals surface area contributed by atoms with Crippen molar-refractivity contribution < 1.29 is 18.3 Å². The van der Waals surface area contributed by atoms with Gasteiger partial charge in [-0.3, -0.25) is 9.47 Å². The summed E-state index contributed by atoms with van der Waals surface area (Å²) in [5.41, 5.74) is -0.538. The third-order valence-corrected chi connectivity index (χ3v) is 5.02. The van der Waals surface area contributed by atoms with E-state index in [4.69, 9.17) is 27.9 Å². The number of rotatable bonds is 4. The highest BCUT2D eigenvalue weighted by Gasteiger charge is 2.29. The summed E-state index contributed by atoms with van der Waals surface area (Å²) in [5.74, 6) is 0. The van der Waals surface area contributed by atoms with Gasteiger partial charge in [0.15, 0.2) is 0 Å². The predicted octanol–water partition coefficient (Wildman–Crippen LogP) is 6.74. The van der Waals surface area contributed by atoms with Gasteiger partial charge in [0.05, 0.1) is 22.8 Å². The Morgan fingerprint density at radius 1 is 1.39 bits per heavy atom. The molecule has 3 rings (SSSR count). The molecule has 0 radical (unpaired) electrons. The first-order valence-electron chi connectivity index (χ1n) is 8.24. The Balaban J connectivity index is 2.21. The number of aromatic nitrogens is 2. The van der Waals surface area contributed by atoms with Crippen LogP contribution in [0.3, 0.4) is 0 Å². The topological polar surface area (TPSA) is 47.4 Å². The first kappa shape index (κ1) is 20.8. The minimum atomic E-state index is -2.88. The van der Waals surface area contributed by atoms with Crippen LogP contribution >= 0.6 is 34.5 Å². The molecule has 0 atom stereocenters. The molecule has 3 heterocycles. The van der Waals surface area contributed by atoms with Gasteiger partial charge in [0.1, 0.15) is 16.3 Å². The molecule has 0 aliphatic carbocycles. The Bertz CT molecular complexity index is 1000. The molecule has 0 aliphatic heterocycles. The van der Waals surface area contributed by atoms with Crippen molar-refractivity contribution in [2.24, 2.45) is 0 Å². The molecule has 0 saturated heterocycles. The molecular weight excluding hydrogens is 431 g/mol. The number of thiophene rings is 1. The maximum absolute atomic E-state index is 13.6. The summed E-state index contributed by atoms with van der Waals surface area (Å²) < 4.78 is 33.4. The summed E-state index contributed by atoms with van der Waals surface area (Å²) in [5, 5.41) is 1.90. The molecule has 28 heavy (non-hydrogen) atoms. The van der Waals surface area contributed by atoms with E-state index < -0.39 is 18.2 Å². The fourth-order valence-electron chi connectivity index (χ4n) is 2.65. The van der Waals surface area contributed by atoms with Crippen molar-refractivity contribution in [2.75, 3.05) is 4.90 Å². The molecule has 1 amide bonds. The molecule has 0 fully saturated rings. The number of carbonyl (C=O) groups excluding carboxylic acids is 1. The second-order valence-electron chi connectivity index (χ2n) is 6.97. The zero-order chi connectivity index (χ0) is 20.6. The lowest BCUT2D eigenvalue weighted by Gasteiger charge is -2.28. The van der Waals surface area contributed by atoms with Crippen LogP contribution in [-0.2, 0) is 11.3 Å². The SMILES string of the molecule is CC(C)(C)OC(=O)N(Cc1cccs1)c1cc(Cl)nc2c(Cl)cn(C(F)F)c12. The van der Waals surface area contributed by atoms with Crippen LogP contribution in [0.15, 0.2) is 29.8 Å². The van der Waals surface area contributed by atoms with E-state index in [1.165, 1.54) is 22.3 Å². The Hall–Kier alpha value is -1.90. The van der Waals surface area contributed by atoms with Gasteiger partial charge in [-0.25, -0.2) is 9.78 Å². The quantitative estimate of drug-likeness (QED) is 0.415. The van der Waals surface area contributed by atoms with E-state index in [0.717, 1.165) is 11.1 Å². The summed E-state index contributed by atoms with van der Waals surface area (Å²) in [7, 11) is 0. The summed E-state index contributed by atoms with van der Waals surface area (Å²) in [6.45, 7) is 2.42. The van der Waals surface area contributed by atoms with Crippen LogP contribution in [-0.4, -0.2) is 21.2 Å². The molecule has 0 unspecified atom stereocenters. The van der Waals surface area contributed by atoms with Gasteiger partial charge in [0, 0.05) is 17.1 Å².